The van der Waals surface area contributed by atoms with Gasteiger partial charge in [0, 0.05) is 6.20 Å². The van der Waals surface area contributed by atoms with Crippen molar-refractivity contribution in [2.24, 2.45) is 5.73 Å². The second-order valence-electron chi connectivity index (χ2n) is 2.32. The number of aromatic nitrogens is 2. The van der Waals surface area contributed by atoms with Crippen molar-refractivity contribution in [2.45, 2.75) is 0 Å². The third-order valence-corrected chi connectivity index (χ3v) is 1.51. The third-order valence-electron chi connectivity index (χ3n) is 1.51. The monoisotopic (exact) mass is 177 g/mol. The number of anilines is 2. The van der Waals surface area contributed by atoms with Gasteiger partial charge in [0.25, 0.3) is 5.91 Å². The maximum atomic E-state index is 10.9. The summed E-state index contributed by atoms with van der Waals surface area (Å²) < 4.78 is 0. The zero-order valence-electron chi connectivity index (χ0n) is 7.46. The lowest BCUT2D eigenvalue weighted by molar-refractivity contribution is 0.100. The number of hydrogen-bond acceptors (Lipinski definition) is 5. The Balaban J connectivity index is 3.15. The minimum atomic E-state index is -0.549. The average Bonchev–Trinajstić information content (AvgIpc) is 2.16. The van der Waals surface area contributed by atoms with Crippen molar-refractivity contribution in [1.82, 2.24) is 9.97 Å². The van der Waals surface area contributed by atoms with E-state index in [9.17, 15) is 4.79 Å². The molecule has 8 heteroatoms. The molecule has 1 amide bonds. The van der Waals surface area contributed by atoms with E-state index in [-0.39, 0.29) is 5.56 Å². The van der Waals surface area contributed by atoms with Crippen molar-refractivity contribution in [1.29, 1.82) is 0 Å². The molecule has 1 rings (SSSR count). The maximum Gasteiger partial charge on any atom is 0.253 e. The van der Waals surface area contributed by atoms with Crippen LogP contribution in [0.1, 0.15) is 10.4 Å². The van der Waals surface area contributed by atoms with Gasteiger partial charge in [0.15, 0.2) is 0 Å². The van der Waals surface area contributed by atoms with Crippen LogP contribution < -0.4 is 16.2 Å². The predicted octanol–water partition coefficient (Wildman–Crippen LogP) is -2.50. The topological polar surface area (TPSA) is 92.9 Å². The predicted molar refractivity (Wildman–Crippen MR) is 54.9 cm³/mol. The number of amides is 1. The number of carbonyl (C=O) groups is 1. The van der Waals surface area contributed by atoms with E-state index in [0.717, 1.165) is 0 Å². The summed E-state index contributed by atoms with van der Waals surface area (Å²) in [5.74, 6) is 0.313. The number of primary amides is 1. The number of hydrogen-bond donors (Lipinski definition) is 3. The van der Waals surface area contributed by atoms with Crippen molar-refractivity contribution in [3.05, 3.63) is 11.8 Å². The van der Waals surface area contributed by atoms with E-state index in [1.807, 2.05) is 0 Å². The molecule has 1 heterocycles. The summed E-state index contributed by atoms with van der Waals surface area (Å²) >= 11 is 0. The van der Waals surface area contributed by atoms with E-state index in [0.29, 0.717) is 11.8 Å². The van der Waals surface area contributed by atoms with E-state index in [1.54, 1.807) is 16.0 Å². The molecule has 0 atom stereocenters. The van der Waals surface area contributed by atoms with E-state index < -0.39 is 5.91 Å². The largest absolute Gasteiger partial charge is 0.419 e. The van der Waals surface area contributed by atoms with Crippen LogP contribution >= 0.6 is 0 Å². The van der Waals surface area contributed by atoms with E-state index in [4.69, 9.17) is 5.73 Å². The van der Waals surface area contributed by atoms with E-state index in [2.05, 4.69) is 20.4 Å². The van der Waals surface area contributed by atoms with E-state index in [1.165, 1.54) is 6.20 Å². The van der Waals surface area contributed by atoms with Crippen LogP contribution in [0, 0.1) is 0 Å². The molecule has 0 aromatic carbocycles. The molecule has 0 spiro atoms. The summed E-state index contributed by atoms with van der Waals surface area (Å²) in [6.07, 6.45) is 1.38. The smallest absolute Gasteiger partial charge is 0.253 e. The summed E-state index contributed by atoms with van der Waals surface area (Å²) in [7, 11) is 3.35. The minimum absolute atomic E-state index is 0.279. The van der Waals surface area contributed by atoms with E-state index >= 15 is 0 Å². The molecular formula is C5H9B2N5O. The third kappa shape index (κ3) is 1.90. The Kier molecular flexibility index (Phi) is 2.73. The normalized spacial score (nSPS) is 9.23. The molecule has 13 heavy (non-hydrogen) atoms. The molecule has 0 aliphatic heterocycles. The molecule has 0 saturated heterocycles. The fraction of sp³-hybridized carbons (Fsp3) is 0. The van der Waals surface area contributed by atoms with Crippen molar-refractivity contribution < 1.29 is 4.79 Å². The Morgan fingerprint density at radius 3 is 2.62 bits per heavy atom. The van der Waals surface area contributed by atoms with Crippen LogP contribution in [0.4, 0.5) is 11.8 Å². The lowest BCUT2D eigenvalue weighted by Gasteiger charge is -2.06. The van der Waals surface area contributed by atoms with Gasteiger partial charge in [-0.05, 0) is 0 Å². The Hall–Kier alpha value is -1.72. The lowest BCUT2D eigenvalue weighted by atomic mass is 10.2. The molecule has 6 nitrogen and oxygen atoms in total. The fourth-order valence-corrected chi connectivity index (χ4v) is 0.873. The second-order valence-corrected chi connectivity index (χ2v) is 2.32. The quantitative estimate of drug-likeness (QED) is 0.443. The van der Waals surface area contributed by atoms with Gasteiger partial charge in [-0.1, -0.05) is 0 Å². The molecule has 0 fully saturated rings. The zero-order valence-corrected chi connectivity index (χ0v) is 7.46. The Morgan fingerprint density at radius 2 is 2.15 bits per heavy atom. The lowest BCUT2D eigenvalue weighted by Crippen LogP contribution is -2.16. The molecule has 0 aliphatic rings. The van der Waals surface area contributed by atoms with Gasteiger partial charge in [0.2, 0.25) is 21.9 Å². The summed E-state index contributed by atoms with van der Waals surface area (Å²) in [5, 5.41) is 5.51. The fourth-order valence-electron chi connectivity index (χ4n) is 0.873. The number of carbonyl (C=O) groups excluding carboxylic acids is 1. The second kappa shape index (κ2) is 3.79. The highest BCUT2D eigenvalue weighted by atomic mass is 16.1. The van der Waals surface area contributed by atoms with Crippen LogP contribution in [0.2, 0.25) is 0 Å². The molecule has 4 N–H and O–H groups in total. The highest BCUT2D eigenvalue weighted by Crippen LogP contribution is 2.11. The first-order chi connectivity index (χ1) is 6.19. The molecule has 0 aliphatic carbocycles. The molecule has 0 unspecified atom stereocenters. The minimum Gasteiger partial charge on any atom is -0.419 e. The molecule has 0 bridgehead atoms. The van der Waals surface area contributed by atoms with Crippen LogP contribution in [0.5, 0.6) is 0 Å². The Morgan fingerprint density at radius 1 is 1.46 bits per heavy atom. The van der Waals surface area contributed by atoms with Crippen molar-refractivity contribution in [3.63, 3.8) is 0 Å². The molecular weight excluding hydrogens is 168 g/mol. The molecule has 0 saturated carbocycles. The van der Waals surface area contributed by atoms with Gasteiger partial charge in [-0.15, -0.1) is 0 Å². The summed E-state index contributed by atoms with van der Waals surface area (Å²) in [5.41, 5.74) is 5.38. The van der Waals surface area contributed by atoms with Crippen molar-refractivity contribution in [2.75, 3.05) is 10.5 Å². The molecule has 66 valence electrons. The van der Waals surface area contributed by atoms with Gasteiger partial charge >= 0.3 is 0 Å². The molecule has 1 aromatic heterocycles. The van der Waals surface area contributed by atoms with Crippen LogP contribution in [0.25, 0.3) is 0 Å². The number of nitrogens with two attached hydrogens (primary N) is 1. The van der Waals surface area contributed by atoms with Gasteiger partial charge in [-0.25, -0.2) is 4.98 Å². The summed E-state index contributed by atoms with van der Waals surface area (Å²) in [6.45, 7) is 0. The van der Waals surface area contributed by atoms with Crippen LogP contribution in [-0.2, 0) is 0 Å². The number of nitrogens with one attached hydrogen (secondary N) is 2. The summed E-state index contributed by atoms with van der Waals surface area (Å²) in [4.78, 5) is 18.7. The van der Waals surface area contributed by atoms with Gasteiger partial charge < -0.3 is 16.2 Å². The molecule has 0 radical (unpaired) electrons. The van der Waals surface area contributed by atoms with Crippen molar-refractivity contribution in [3.8, 4) is 0 Å². The van der Waals surface area contributed by atoms with Gasteiger partial charge in [0.05, 0.1) is 5.56 Å². The Labute approximate surface area is 77.2 Å². The first kappa shape index (κ1) is 9.37. The first-order valence-corrected chi connectivity index (χ1v) is 3.71. The SMILES string of the molecule is BNc1ncc(C(N)=O)c(NB)n1. The highest BCUT2D eigenvalue weighted by Gasteiger charge is 2.09. The van der Waals surface area contributed by atoms with Gasteiger partial charge in [-0.3, -0.25) is 4.79 Å². The highest BCUT2D eigenvalue weighted by molar-refractivity contribution is 6.18. The van der Waals surface area contributed by atoms with Crippen LogP contribution in [0.15, 0.2) is 6.20 Å². The number of rotatable bonds is 3. The first-order valence-electron chi connectivity index (χ1n) is 3.71. The van der Waals surface area contributed by atoms with Gasteiger partial charge in [0.1, 0.15) is 5.82 Å². The average molecular weight is 177 g/mol. The standard InChI is InChI=1S/C5H9B2N5O/c6-11-4-2(3(8)13)1-9-5(10-4)12-7/h1H,6-7H2,(H2,8,13)(H2,9,10,11,12). The van der Waals surface area contributed by atoms with Crippen molar-refractivity contribution >= 4 is 33.6 Å². The van der Waals surface area contributed by atoms with Crippen LogP contribution in [0.3, 0.4) is 0 Å². The molecule has 1 aromatic rings. The summed E-state index contributed by atoms with van der Waals surface area (Å²) in [6, 6.07) is 0. The zero-order chi connectivity index (χ0) is 9.84. The van der Waals surface area contributed by atoms with Crippen LogP contribution in [-0.4, -0.2) is 31.8 Å². The maximum absolute atomic E-state index is 10.9. The van der Waals surface area contributed by atoms with Gasteiger partial charge in [-0.2, -0.15) is 4.98 Å². The Bertz CT molecular complexity index is 331. The number of nitrogens with zero attached hydrogens (tertiary/aromatic N) is 2.